The van der Waals surface area contributed by atoms with Gasteiger partial charge >= 0.3 is 0 Å². The fraction of sp³-hybridized carbons (Fsp3) is 0.417. The Morgan fingerprint density at radius 3 is 2.71 bits per heavy atom. The number of halogens is 1. The molecule has 0 unspecified atom stereocenters. The van der Waals surface area contributed by atoms with Gasteiger partial charge in [-0.25, -0.2) is 0 Å². The highest BCUT2D eigenvalue weighted by Gasteiger charge is 2.17. The average Bonchev–Trinajstić information content (AvgIpc) is 2.83. The molecule has 1 aliphatic rings. The predicted octanol–water partition coefficient (Wildman–Crippen LogP) is 2.87. The van der Waals surface area contributed by atoms with Gasteiger partial charge in [-0.1, -0.05) is 5.16 Å². The van der Waals surface area contributed by atoms with Crippen LogP contribution in [0.25, 0.3) is 0 Å². The number of ether oxygens (including phenoxy) is 1. The molecule has 1 aromatic rings. The van der Waals surface area contributed by atoms with E-state index in [0.717, 1.165) is 23.1 Å². The lowest BCUT2D eigenvalue weighted by Crippen LogP contribution is -2.14. The van der Waals surface area contributed by atoms with Crippen molar-refractivity contribution in [2.75, 3.05) is 0 Å². The van der Waals surface area contributed by atoms with Crippen LogP contribution in [-0.4, -0.2) is 17.1 Å². The van der Waals surface area contributed by atoms with Crippen molar-refractivity contribution in [1.29, 1.82) is 0 Å². The fourth-order valence-electron chi connectivity index (χ4n) is 2.00. The van der Waals surface area contributed by atoms with E-state index in [1.807, 2.05) is 6.07 Å². The van der Waals surface area contributed by atoms with E-state index in [-0.39, 0.29) is 5.84 Å². The van der Waals surface area contributed by atoms with Gasteiger partial charge in [-0.05, 0) is 59.8 Å². The molecule has 1 aromatic carbocycles. The summed E-state index contributed by atoms with van der Waals surface area (Å²) in [6.45, 7) is 0. The Labute approximate surface area is 109 Å². The minimum Gasteiger partial charge on any atom is -0.489 e. The van der Waals surface area contributed by atoms with Crippen LogP contribution >= 0.6 is 15.9 Å². The van der Waals surface area contributed by atoms with Crippen LogP contribution < -0.4 is 10.5 Å². The van der Waals surface area contributed by atoms with E-state index in [1.165, 1.54) is 12.8 Å². The molecule has 0 heterocycles. The molecule has 1 aliphatic carbocycles. The van der Waals surface area contributed by atoms with Gasteiger partial charge in [-0.2, -0.15) is 0 Å². The lowest BCUT2D eigenvalue weighted by atomic mass is 10.2. The smallest absolute Gasteiger partial charge is 0.170 e. The van der Waals surface area contributed by atoms with Gasteiger partial charge in [-0.15, -0.1) is 0 Å². The zero-order valence-electron chi connectivity index (χ0n) is 9.40. The molecule has 0 aromatic heterocycles. The summed E-state index contributed by atoms with van der Waals surface area (Å²) in [5, 5.41) is 11.6. The third kappa shape index (κ3) is 2.91. The van der Waals surface area contributed by atoms with E-state index in [9.17, 15) is 0 Å². The highest BCUT2D eigenvalue weighted by Crippen LogP contribution is 2.30. The van der Waals surface area contributed by atoms with E-state index in [4.69, 9.17) is 15.7 Å². The molecule has 0 bridgehead atoms. The van der Waals surface area contributed by atoms with Crippen LogP contribution in [0.1, 0.15) is 31.2 Å². The summed E-state index contributed by atoms with van der Waals surface area (Å²) in [6.07, 6.45) is 5.04. The van der Waals surface area contributed by atoms with Crippen molar-refractivity contribution in [3.05, 3.63) is 28.2 Å². The Hall–Kier alpha value is -1.23. The monoisotopic (exact) mass is 298 g/mol. The highest BCUT2D eigenvalue weighted by molar-refractivity contribution is 9.10. The second-order valence-corrected chi connectivity index (χ2v) is 5.01. The SMILES string of the molecule is N/C(=N/O)c1ccc(OC2CCCC2)c(Br)c1. The van der Waals surface area contributed by atoms with Gasteiger partial charge < -0.3 is 15.7 Å². The maximum Gasteiger partial charge on any atom is 0.170 e. The summed E-state index contributed by atoms with van der Waals surface area (Å²) in [4.78, 5) is 0. The van der Waals surface area contributed by atoms with Crippen molar-refractivity contribution >= 4 is 21.8 Å². The summed E-state index contributed by atoms with van der Waals surface area (Å²) in [7, 11) is 0. The number of amidine groups is 1. The van der Waals surface area contributed by atoms with Crippen LogP contribution in [0.2, 0.25) is 0 Å². The number of oxime groups is 1. The third-order valence-electron chi connectivity index (χ3n) is 2.93. The summed E-state index contributed by atoms with van der Waals surface area (Å²) in [5.41, 5.74) is 6.18. The molecule has 0 atom stereocenters. The van der Waals surface area contributed by atoms with Crippen molar-refractivity contribution in [2.24, 2.45) is 10.9 Å². The Bertz CT molecular complexity index is 429. The van der Waals surface area contributed by atoms with Crippen LogP contribution in [0.3, 0.4) is 0 Å². The lowest BCUT2D eigenvalue weighted by molar-refractivity contribution is 0.208. The second-order valence-electron chi connectivity index (χ2n) is 4.15. The van der Waals surface area contributed by atoms with Crippen molar-refractivity contribution in [1.82, 2.24) is 0 Å². The molecule has 17 heavy (non-hydrogen) atoms. The van der Waals surface area contributed by atoms with E-state index in [1.54, 1.807) is 12.1 Å². The summed E-state index contributed by atoms with van der Waals surface area (Å²) in [5.74, 6) is 0.907. The number of hydrogen-bond acceptors (Lipinski definition) is 3. The standard InChI is InChI=1S/C12H15BrN2O2/c13-10-7-8(12(14)15-16)5-6-11(10)17-9-3-1-2-4-9/h5-7,9,16H,1-4H2,(H2,14,15). The summed E-state index contributed by atoms with van der Waals surface area (Å²) in [6, 6.07) is 5.42. The van der Waals surface area contributed by atoms with Gasteiger partial charge in [0.25, 0.3) is 0 Å². The quantitative estimate of drug-likeness (QED) is 0.390. The number of nitrogens with zero attached hydrogens (tertiary/aromatic N) is 1. The molecule has 1 saturated carbocycles. The van der Waals surface area contributed by atoms with Crippen LogP contribution in [0.5, 0.6) is 5.75 Å². The van der Waals surface area contributed by atoms with Gasteiger partial charge in [0.05, 0.1) is 10.6 Å². The molecule has 0 aliphatic heterocycles. The molecule has 3 N–H and O–H groups in total. The lowest BCUT2D eigenvalue weighted by Gasteiger charge is -2.14. The molecular formula is C12H15BrN2O2. The van der Waals surface area contributed by atoms with Gasteiger partial charge in [0.15, 0.2) is 5.84 Å². The topological polar surface area (TPSA) is 67.8 Å². The van der Waals surface area contributed by atoms with E-state index in [0.29, 0.717) is 11.7 Å². The molecule has 0 amide bonds. The van der Waals surface area contributed by atoms with Gasteiger partial charge in [0.1, 0.15) is 5.75 Å². The summed E-state index contributed by atoms with van der Waals surface area (Å²) < 4.78 is 6.71. The van der Waals surface area contributed by atoms with E-state index < -0.39 is 0 Å². The van der Waals surface area contributed by atoms with Gasteiger partial charge in [0.2, 0.25) is 0 Å². The Kier molecular flexibility index (Phi) is 3.89. The number of benzene rings is 1. The first-order valence-corrected chi connectivity index (χ1v) is 6.44. The van der Waals surface area contributed by atoms with Crippen LogP contribution in [0.4, 0.5) is 0 Å². The first-order valence-electron chi connectivity index (χ1n) is 5.65. The number of rotatable bonds is 3. The largest absolute Gasteiger partial charge is 0.489 e. The molecule has 4 nitrogen and oxygen atoms in total. The van der Waals surface area contributed by atoms with Crippen LogP contribution in [0, 0.1) is 0 Å². The normalized spacial score (nSPS) is 17.4. The van der Waals surface area contributed by atoms with Crippen molar-refractivity contribution in [3.8, 4) is 5.75 Å². The zero-order valence-corrected chi connectivity index (χ0v) is 11.0. The second kappa shape index (κ2) is 5.40. The predicted molar refractivity (Wildman–Crippen MR) is 69.5 cm³/mol. The van der Waals surface area contributed by atoms with E-state index >= 15 is 0 Å². The molecule has 2 rings (SSSR count). The molecular weight excluding hydrogens is 284 g/mol. The Morgan fingerprint density at radius 2 is 2.12 bits per heavy atom. The average molecular weight is 299 g/mol. The zero-order chi connectivity index (χ0) is 12.3. The van der Waals surface area contributed by atoms with Crippen LogP contribution in [-0.2, 0) is 0 Å². The Balaban J connectivity index is 2.13. The van der Waals surface area contributed by atoms with E-state index in [2.05, 4.69) is 21.1 Å². The highest BCUT2D eigenvalue weighted by atomic mass is 79.9. The minimum atomic E-state index is 0.0955. The summed E-state index contributed by atoms with van der Waals surface area (Å²) >= 11 is 3.43. The maximum absolute atomic E-state index is 8.59. The molecule has 0 radical (unpaired) electrons. The van der Waals surface area contributed by atoms with Crippen LogP contribution in [0.15, 0.2) is 27.8 Å². The maximum atomic E-state index is 8.59. The molecule has 0 spiro atoms. The first kappa shape index (κ1) is 12.2. The van der Waals surface area contributed by atoms with Crippen molar-refractivity contribution < 1.29 is 9.94 Å². The number of hydrogen-bond donors (Lipinski definition) is 2. The Morgan fingerprint density at radius 1 is 1.41 bits per heavy atom. The van der Waals surface area contributed by atoms with Crippen molar-refractivity contribution in [3.63, 3.8) is 0 Å². The van der Waals surface area contributed by atoms with Crippen molar-refractivity contribution in [2.45, 2.75) is 31.8 Å². The number of nitrogens with two attached hydrogens (primary N) is 1. The molecule has 92 valence electrons. The molecule has 1 fully saturated rings. The third-order valence-corrected chi connectivity index (χ3v) is 3.55. The van der Waals surface area contributed by atoms with Gasteiger partial charge in [0, 0.05) is 5.56 Å². The molecule has 0 saturated heterocycles. The fourth-order valence-corrected chi connectivity index (χ4v) is 2.47. The minimum absolute atomic E-state index is 0.0955. The molecule has 5 heteroatoms. The van der Waals surface area contributed by atoms with Gasteiger partial charge in [-0.3, -0.25) is 0 Å². The first-order chi connectivity index (χ1) is 8.20.